The number of hydrogen-bond donors (Lipinski definition) is 2. The van der Waals surface area contributed by atoms with Gasteiger partial charge >= 0.3 is 0 Å². The van der Waals surface area contributed by atoms with Crippen LogP contribution in [0.3, 0.4) is 0 Å². The Morgan fingerprint density at radius 1 is 1.00 bits per heavy atom. The molecule has 158 valence electrons. The molecule has 0 unspecified atom stereocenters. The van der Waals surface area contributed by atoms with Gasteiger partial charge in [0.1, 0.15) is 5.82 Å². The summed E-state index contributed by atoms with van der Waals surface area (Å²) in [6.07, 6.45) is 0. The van der Waals surface area contributed by atoms with Gasteiger partial charge in [-0.25, -0.2) is 17.8 Å². The Morgan fingerprint density at radius 3 is 2.45 bits per heavy atom. The molecular formula is C22H18FN3O3S2. The Morgan fingerprint density at radius 2 is 1.74 bits per heavy atom. The minimum absolute atomic E-state index is 0.149. The molecule has 0 radical (unpaired) electrons. The average molecular weight is 456 g/mol. The molecule has 0 bridgehead atoms. The van der Waals surface area contributed by atoms with Gasteiger partial charge in [-0.3, -0.25) is 9.52 Å². The van der Waals surface area contributed by atoms with Crippen LogP contribution in [0.25, 0.3) is 10.2 Å². The van der Waals surface area contributed by atoms with Crippen LogP contribution in [-0.2, 0) is 10.0 Å². The maximum atomic E-state index is 13.7. The zero-order valence-electron chi connectivity index (χ0n) is 16.6. The summed E-state index contributed by atoms with van der Waals surface area (Å²) in [4.78, 5) is 16.9. The summed E-state index contributed by atoms with van der Waals surface area (Å²) < 4.78 is 42.1. The second-order valence-electron chi connectivity index (χ2n) is 7.04. The summed E-state index contributed by atoms with van der Waals surface area (Å²) in [7, 11) is -3.76. The average Bonchev–Trinajstić information content (AvgIpc) is 3.11. The van der Waals surface area contributed by atoms with Crippen molar-refractivity contribution >= 4 is 48.3 Å². The lowest BCUT2D eigenvalue weighted by atomic mass is 10.1. The number of halogens is 1. The van der Waals surface area contributed by atoms with E-state index in [0.29, 0.717) is 21.5 Å². The second kappa shape index (κ2) is 8.09. The van der Waals surface area contributed by atoms with Gasteiger partial charge in [0, 0.05) is 11.3 Å². The van der Waals surface area contributed by atoms with Crippen LogP contribution >= 0.6 is 11.3 Å². The van der Waals surface area contributed by atoms with Crippen molar-refractivity contribution < 1.29 is 17.6 Å². The maximum Gasteiger partial charge on any atom is 0.263 e. The fourth-order valence-corrected chi connectivity index (χ4v) is 5.01. The minimum Gasteiger partial charge on any atom is -0.322 e. The lowest BCUT2D eigenvalue weighted by molar-refractivity contribution is 0.102. The van der Waals surface area contributed by atoms with Gasteiger partial charge in [-0.15, -0.1) is 0 Å². The first-order chi connectivity index (χ1) is 14.7. The fourth-order valence-electron chi connectivity index (χ4n) is 2.87. The highest BCUT2D eigenvalue weighted by Crippen LogP contribution is 2.30. The van der Waals surface area contributed by atoms with E-state index in [-0.39, 0.29) is 15.6 Å². The normalized spacial score (nSPS) is 11.5. The summed E-state index contributed by atoms with van der Waals surface area (Å²) in [6.45, 7) is 3.50. The number of nitrogens with zero attached hydrogens (tertiary/aromatic N) is 1. The van der Waals surface area contributed by atoms with E-state index < -0.39 is 21.7 Å². The van der Waals surface area contributed by atoms with Crippen LogP contribution in [-0.4, -0.2) is 19.3 Å². The maximum absolute atomic E-state index is 13.7. The first-order valence-corrected chi connectivity index (χ1v) is 11.6. The standard InChI is InChI=1S/C22H18FN3O3S2/c1-13-3-8-17(9-4-13)31(28,29)26-22-25-19-10-7-16(12-20(19)30-22)24-21(27)15-6-5-14(2)18(23)11-15/h3-12H,1-2H3,(H,24,27)(H,25,26). The van der Waals surface area contributed by atoms with Crippen molar-refractivity contribution in [3.05, 3.63) is 83.2 Å². The van der Waals surface area contributed by atoms with Gasteiger partial charge in [0.15, 0.2) is 5.13 Å². The summed E-state index contributed by atoms with van der Waals surface area (Å²) in [5.41, 5.74) is 2.71. The highest BCUT2D eigenvalue weighted by Gasteiger charge is 2.17. The number of amides is 1. The number of thiazole rings is 1. The molecule has 0 aliphatic carbocycles. The van der Waals surface area contributed by atoms with Crippen LogP contribution in [0.1, 0.15) is 21.5 Å². The third kappa shape index (κ3) is 4.57. The molecular weight excluding hydrogens is 437 g/mol. The van der Waals surface area contributed by atoms with Crippen LogP contribution < -0.4 is 10.0 Å². The number of nitrogens with one attached hydrogen (secondary N) is 2. The predicted octanol–water partition coefficient (Wildman–Crippen LogP) is 5.11. The summed E-state index contributed by atoms with van der Waals surface area (Å²) in [5.74, 6) is -0.890. The predicted molar refractivity (Wildman–Crippen MR) is 121 cm³/mol. The third-order valence-corrected chi connectivity index (χ3v) is 7.05. The fraction of sp³-hybridized carbons (Fsp3) is 0.0909. The molecule has 1 aromatic heterocycles. The lowest BCUT2D eigenvalue weighted by Gasteiger charge is -2.06. The molecule has 1 amide bonds. The van der Waals surface area contributed by atoms with E-state index in [1.807, 2.05) is 6.92 Å². The Kier molecular flexibility index (Phi) is 5.47. The molecule has 4 rings (SSSR count). The van der Waals surface area contributed by atoms with E-state index in [1.165, 1.54) is 18.2 Å². The SMILES string of the molecule is Cc1ccc(S(=O)(=O)Nc2nc3ccc(NC(=O)c4ccc(C)c(F)c4)cc3s2)cc1. The highest BCUT2D eigenvalue weighted by atomic mass is 32.2. The van der Waals surface area contributed by atoms with Crippen molar-refractivity contribution in [2.45, 2.75) is 18.7 Å². The molecule has 0 aliphatic heterocycles. The number of fused-ring (bicyclic) bond motifs is 1. The third-order valence-electron chi connectivity index (χ3n) is 4.63. The zero-order valence-corrected chi connectivity index (χ0v) is 18.3. The van der Waals surface area contributed by atoms with Crippen molar-refractivity contribution in [1.82, 2.24) is 4.98 Å². The molecule has 4 aromatic rings. The topological polar surface area (TPSA) is 88.2 Å². The van der Waals surface area contributed by atoms with E-state index >= 15 is 0 Å². The molecule has 2 N–H and O–H groups in total. The lowest BCUT2D eigenvalue weighted by Crippen LogP contribution is -2.12. The molecule has 1 heterocycles. The molecule has 0 fully saturated rings. The molecule has 0 atom stereocenters. The number of carbonyl (C=O) groups excluding carboxylic acids is 1. The molecule has 9 heteroatoms. The van der Waals surface area contributed by atoms with Crippen molar-refractivity contribution in [2.24, 2.45) is 0 Å². The van der Waals surface area contributed by atoms with E-state index in [0.717, 1.165) is 16.9 Å². The molecule has 6 nitrogen and oxygen atoms in total. The number of sulfonamides is 1. The van der Waals surface area contributed by atoms with Gasteiger partial charge in [0.2, 0.25) is 0 Å². The van der Waals surface area contributed by atoms with Crippen LogP contribution in [0.5, 0.6) is 0 Å². The van der Waals surface area contributed by atoms with Gasteiger partial charge in [0.05, 0.1) is 15.1 Å². The molecule has 31 heavy (non-hydrogen) atoms. The van der Waals surface area contributed by atoms with Gasteiger partial charge in [-0.1, -0.05) is 35.1 Å². The quantitative estimate of drug-likeness (QED) is 0.438. The number of carbonyl (C=O) groups is 1. The van der Waals surface area contributed by atoms with E-state index in [1.54, 1.807) is 49.4 Å². The molecule has 0 aliphatic rings. The van der Waals surface area contributed by atoms with E-state index in [2.05, 4.69) is 15.0 Å². The second-order valence-corrected chi connectivity index (χ2v) is 9.75. The number of hydrogen-bond acceptors (Lipinski definition) is 5. The Labute approximate surface area is 182 Å². The molecule has 3 aromatic carbocycles. The highest BCUT2D eigenvalue weighted by molar-refractivity contribution is 7.93. The molecule has 0 spiro atoms. The largest absolute Gasteiger partial charge is 0.322 e. The molecule has 0 saturated carbocycles. The number of rotatable bonds is 5. The first-order valence-electron chi connectivity index (χ1n) is 9.29. The van der Waals surface area contributed by atoms with Crippen molar-refractivity contribution in [3.63, 3.8) is 0 Å². The Hall–Kier alpha value is -3.30. The number of anilines is 2. The Balaban J connectivity index is 1.54. The summed E-state index contributed by atoms with van der Waals surface area (Å²) in [5, 5.41) is 2.94. The number of aryl methyl sites for hydroxylation is 2. The van der Waals surface area contributed by atoms with Gasteiger partial charge in [-0.05, 0) is 61.9 Å². The van der Waals surface area contributed by atoms with E-state index in [4.69, 9.17) is 0 Å². The van der Waals surface area contributed by atoms with Crippen molar-refractivity contribution in [3.8, 4) is 0 Å². The minimum atomic E-state index is -3.76. The van der Waals surface area contributed by atoms with Gasteiger partial charge in [-0.2, -0.15) is 0 Å². The van der Waals surface area contributed by atoms with Crippen LogP contribution in [0, 0.1) is 19.7 Å². The summed E-state index contributed by atoms with van der Waals surface area (Å²) >= 11 is 1.15. The number of aromatic nitrogens is 1. The first kappa shape index (κ1) is 21.0. The summed E-state index contributed by atoms with van der Waals surface area (Å²) in [6, 6.07) is 15.8. The Bertz CT molecular complexity index is 1400. The van der Waals surface area contributed by atoms with Gasteiger partial charge < -0.3 is 5.32 Å². The van der Waals surface area contributed by atoms with Crippen LogP contribution in [0.15, 0.2) is 65.6 Å². The van der Waals surface area contributed by atoms with Crippen LogP contribution in [0.2, 0.25) is 0 Å². The van der Waals surface area contributed by atoms with E-state index in [9.17, 15) is 17.6 Å². The number of benzene rings is 3. The zero-order chi connectivity index (χ0) is 22.2. The van der Waals surface area contributed by atoms with Crippen molar-refractivity contribution in [1.29, 1.82) is 0 Å². The monoisotopic (exact) mass is 455 g/mol. The molecule has 0 saturated heterocycles. The van der Waals surface area contributed by atoms with Crippen molar-refractivity contribution in [2.75, 3.05) is 10.0 Å². The smallest absolute Gasteiger partial charge is 0.263 e. The van der Waals surface area contributed by atoms with Crippen LogP contribution in [0.4, 0.5) is 15.2 Å². The van der Waals surface area contributed by atoms with Gasteiger partial charge in [0.25, 0.3) is 15.9 Å².